The molecule has 3 rings (SSSR count). The first-order chi connectivity index (χ1) is 12.8. The molecular weight excluding hydrogens is 350 g/mol. The Morgan fingerprint density at radius 2 is 2.00 bits per heavy atom. The van der Waals surface area contributed by atoms with Gasteiger partial charge in [0.15, 0.2) is 0 Å². The molecule has 0 saturated carbocycles. The number of nitrogens with zero attached hydrogens (tertiary/aromatic N) is 4. The van der Waals surface area contributed by atoms with Gasteiger partial charge in [-0.15, -0.1) is 11.3 Å². The molecular formula is C18H27N5O2S. The molecule has 1 aliphatic heterocycles. The molecule has 1 amide bonds. The number of aromatic nitrogens is 2. The topological polar surface area (TPSA) is 88.5 Å². The average Bonchev–Trinajstić information content (AvgIpc) is 3.33. The predicted octanol–water partition coefficient (Wildman–Crippen LogP) is 2.35. The van der Waals surface area contributed by atoms with E-state index >= 15 is 0 Å². The fraction of sp³-hybridized carbons (Fsp3) is 0.611. The van der Waals surface area contributed by atoms with Crippen LogP contribution in [0.2, 0.25) is 0 Å². The molecule has 7 nitrogen and oxygen atoms in total. The molecule has 26 heavy (non-hydrogen) atoms. The van der Waals surface area contributed by atoms with E-state index in [1.807, 2.05) is 22.4 Å². The lowest BCUT2D eigenvalue weighted by molar-refractivity contribution is -0.133. The third-order valence-corrected chi connectivity index (χ3v) is 5.50. The number of hydrogen-bond donors (Lipinski definition) is 1. The summed E-state index contributed by atoms with van der Waals surface area (Å²) >= 11 is 1.60. The summed E-state index contributed by atoms with van der Waals surface area (Å²) in [6, 6.07) is 3.96. The molecule has 0 aliphatic carbocycles. The third-order valence-electron chi connectivity index (χ3n) is 4.64. The summed E-state index contributed by atoms with van der Waals surface area (Å²) in [6.07, 6.45) is 4.88. The third kappa shape index (κ3) is 5.36. The Labute approximate surface area is 158 Å². The van der Waals surface area contributed by atoms with Gasteiger partial charge in [0.1, 0.15) is 0 Å². The van der Waals surface area contributed by atoms with Crippen LogP contribution in [0.5, 0.6) is 0 Å². The van der Waals surface area contributed by atoms with Gasteiger partial charge in [-0.2, -0.15) is 4.98 Å². The highest BCUT2D eigenvalue weighted by molar-refractivity contribution is 7.13. The van der Waals surface area contributed by atoms with Crippen LogP contribution in [-0.4, -0.2) is 58.6 Å². The van der Waals surface area contributed by atoms with Crippen molar-refractivity contribution in [1.82, 2.24) is 19.9 Å². The first-order valence-corrected chi connectivity index (χ1v) is 10.2. The summed E-state index contributed by atoms with van der Waals surface area (Å²) < 4.78 is 5.37. The molecule has 142 valence electrons. The van der Waals surface area contributed by atoms with Gasteiger partial charge in [-0.05, 0) is 30.8 Å². The normalized spacial score (nSPS) is 15.5. The van der Waals surface area contributed by atoms with Crippen molar-refractivity contribution in [2.24, 2.45) is 5.73 Å². The van der Waals surface area contributed by atoms with Gasteiger partial charge in [0.25, 0.3) is 0 Å². The highest BCUT2D eigenvalue weighted by atomic mass is 32.1. The van der Waals surface area contributed by atoms with Crippen LogP contribution in [0.1, 0.15) is 38.0 Å². The first kappa shape index (κ1) is 19.0. The molecule has 1 saturated heterocycles. The minimum atomic E-state index is 0.273. The number of rotatable bonds is 9. The molecule has 0 aromatic carbocycles. The second-order valence-corrected chi connectivity index (χ2v) is 7.55. The van der Waals surface area contributed by atoms with Crippen molar-refractivity contribution in [2.75, 3.05) is 32.7 Å². The molecule has 3 heterocycles. The minimum Gasteiger partial charge on any atom is -0.340 e. The Bertz CT molecular complexity index is 665. The van der Waals surface area contributed by atoms with Crippen molar-refractivity contribution in [3.05, 3.63) is 23.4 Å². The van der Waals surface area contributed by atoms with Crippen molar-refractivity contribution in [3.63, 3.8) is 0 Å². The molecule has 0 spiro atoms. The molecule has 1 aliphatic rings. The van der Waals surface area contributed by atoms with Crippen molar-refractivity contribution < 1.29 is 9.32 Å². The maximum absolute atomic E-state index is 12.3. The molecule has 2 N–H and O–H groups in total. The fourth-order valence-electron chi connectivity index (χ4n) is 3.10. The van der Waals surface area contributed by atoms with E-state index < -0.39 is 0 Å². The highest BCUT2D eigenvalue weighted by Gasteiger charge is 2.22. The largest absolute Gasteiger partial charge is 0.340 e. The van der Waals surface area contributed by atoms with E-state index in [0.717, 1.165) is 63.3 Å². The Hall–Kier alpha value is -1.77. The van der Waals surface area contributed by atoms with Crippen molar-refractivity contribution in [3.8, 4) is 10.7 Å². The van der Waals surface area contributed by atoms with E-state index in [-0.39, 0.29) is 5.91 Å². The van der Waals surface area contributed by atoms with Gasteiger partial charge in [-0.3, -0.25) is 9.69 Å². The van der Waals surface area contributed by atoms with Crippen molar-refractivity contribution in [1.29, 1.82) is 0 Å². The number of unbranched alkanes of at least 4 members (excludes halogenated alkanes) is 3. The Kier molecular flexibility index (Phi) is 7.16. The second kappa shape index (κ2) is 9.80. The zero-order valence-corrected chi connectivity index (χ0v) is 15.9. The van der Waals surface area contributed by atoms with Crippen LogP contribution in [-0.2, 0) is 11.3 Å². The Morgan fingerprint density at radius 3 is 2.73 bits per heavy atom. The summed E-state index contributed by atoms with van der Waals surface area (Å²) in [4.78, 5) is 22.0. The van der Waals surface area contributed by atoms with Crippen LogP contribution in [0.3, 0.4) is 0 Å². The molecule has 2 aromatic rings. The van der Waals surface area contributed by atoms with Crippen LogP contribution >= 0.6 is 11.3 Å². The summed E-state index contributed by atoms with van der Waals surface area (Å²) in [5.74, 6) is 1.56. The predicted molar refractivity (Wildman–Crippen MR) is 102 cm³/mol. The standard InChI is InChI=1S/C18H27N5O2S/c19-8-4-2-1-3-7-17(24)23-11-9-22(10-12-23)14-16-20-18(21-25-16)15-6-5-13-26-15/h5-6,13H,1-4,7-12,14,19H2. The second-order valence-electron chi connectivity index (χ2n) is 6.60. The zero-order valence-electron chi connectivity index (χ0n) is 15.1. The molecule has 8 heteroatoms. The highest BCUT2D eigenvalue weighted by Crippen LogP contribution is 2.21. The molecule has 0 atom stereocenters. The van der Waals surface area contributed by atoms with Crippen LogP contribution in [0, 0.1) is 0 Å². The molecule has 0 radical (unpaired) electrons. The van der Waals surface area contributed by atoms with Gasteiger partial charge in [0.05, 0.1) is 11.4 Å². The van der Waals surface area contributed by atoms with Gasteiger partial charge in [-0.25, -0.2) is 0 Å². The van der Waals surface area contributed by atoms with E-state index in [9.17, 15) is 4.79 Å². The smallest absolute Gasteiger partial charge is 0.241 e. The van der Waals surface area contributed by atoms with Crippen LogP contribution in [0.15, 0.2) is 22.0 Å². The number of nitrogens with two attached hydrogens (primary N) is 1. The van der Waals surface area contributed by atoms with Gasteiger partial charge in [-0.1, -0.05) is 24.1 Å². The van der Waals surface area contributed by atoms with E-state index in [0.29, 0.717) is 24.7 Å². The lowest BCUT2D eigenvalue weighted by Crippen LogP contribution is -2.48. The molecule has 0 unspecified atom stereocenters. The molecule has 2 aromatic heterocycles. The molecule has 1 fully saturated rings. The number of thiophene rings is 1. The lowest BCUT2D eigenvalue weighted by Gasteiger charge is -2.34. The van der Waals surface area contributed by atoms with E-state index in [2.05, 4.69) is 15.0 Å². The van der Waals surface area contributed by atoms with Crippen LogP contribution in [0.4, 0.5) is 0 Å². The van der Waals surface area contributed by atoms with Gasteiger partial charge < -0.3 is 15.2 Å². The fourth-order valence-corrected chi connectivity index (χ4v) is 3.75. The lowest BCUT2D eigenvalue weighted by atomic mass is 10.1. The summed E-state index contributed by atoms with van der Waals surface area (Å²) in [7, 11) is 0. The first-order valence-electron chi connectivity index (χ1n) is 9.33. The average molecular weight is 378 g/mol. The number of carbonyl (C=O) groups is 1. The summed E-state index contributed by atoms with van der Waals surface area (Å²) in [5.41, 5.74) is 5.49. The monoisotopic (exact) mass is 377 g/mol. The van der Waals surface area contributed by atoms with Gasteiger partial charge >= 0.3 is 0 Å². The van der Waals surface area contributed by atoms with E-state index in [4.69, 9.17) is 10.3 Å². The number of carbonyl (C=O) groups excluding carboxylic acids is 1. The SMILES string of the molecule is NCCCCCCC(=O)N1CCN(Cc2nc(-c3cccs3)no2)CC1. The van der Waals surface area contributed by atoms with E-state index in [1.165, 1.54) is 0 Å². The minimum absolute atomic E-state index is 0.273. The Balaban J connectivity index is 1.38. The maximum Gasteiger partial charge on any atom is 0.241 e. The summed E-state index contributed by atoms with van der Waals surface area (Å²) in [5, 5.41) is 6.05. The van der Waals surface area contributed by atoms with E-state index in [1.54, 1.807) is 11.3 Å². The Morgan fingerprint density at radius 1 is 1.19 bits per heavy atom. The van der Waals surface area contributed by atoms with Gasteiger partial charge in [0, 0.05) is 32.6 Å². The number of amides is 1. The summed E-state index contributed by atoms with van der Waals surface area (Å²) in [6.45, 7) is 4.61. The molecule has 0 bridgehead atoms. The zero-order chi connectivity index (χ0) is 18.2. The van der Waals surface area contributed by atoms with Crippen LogP contribution < -0.4 is 5.73 Å². The maximum atomic E-state index is 12.3. The number of hydrogen-bond acceptors (Lipinski definition) is 7. The number of piperazine rings is 1. The van der Waals surface area contributed by atoms with Crippen molar-refractivity contribution >= 4 is 17.2 Å². The quantitative estimate of drug-likeness (QED) is 0.675. The van der Waals surface area contributed by atoms with Crippen LogP contribution in [0.25, 0.3) is 10.7 Å². The van der Waals surface area contributed by atoms with Gasteiger partial charge in [0.2, 0.25) is 17.6 Å². The van der Waals surface area contributed by atoms with Crippen molar-refractivity contribution in [2.45, 2.75) is 38.6 Å².